The zero-order valence-corrected chi connectivity index (χ0v) is 78.4. The molecule has 0 aliphatic heterocycles. The van der Waals surface area contributed by atoms with Gasteiger partial charge < -0.3 is 0 Å². The SMILES string of the molecule is Cc1ccc(-c2nc(-c3ccc4ccccc4c3)cc(-c3ccc4ccccc4c3)n2)cc1.Cc1nc(-c2ccc(-c3ccccc3)cc2)nc(-c2ccc(-c3ccccc3)cc2)n1.Cc1nc(-c2cccc(-c3ccccc3)c2)nc(-c2cccc(-c3ccccc3)c2)n1.Cc1nc(-c2cccc3ccccc23)nc(-c2cccc3ccccc23)n1.Cc1nc(-c2ccccc2)nc(-c2ccccc2)n1. The van der Waals surface area contributed by atoms with Crippen LogP contribution in [0.15, 0.2) is 479 Å². The Hall–Kier alpha value is -18.7. The summed E-state index contributed by atoms with van der Waals surface area (Å²) in [5, 5.41) is 9.52. The minimum absolute atomic E-state index is 0.686. The largest absolute Gasteiger partial charge is 0.228 e. The second-order valence-electron chi connectivity index (χ2n) is 34.1. The summed E-state index contributed by atoms with van der Waals surface area (Å²) in [5.41, 5.74) is 23.6. The molecule has 0 radical (unpaired) electrons. The smallest absolute Gasteiger partial charge is 0.164 e. The summed E-state index contributed by atoms with van der Waals surface area (Å²) in [4.78, 5) is 65.4. The molecule has 24 rings (SSSR count). The highest BCUT2D eigenvalue weighted by Gasteiger charge is 2.19. The van der Waals surface area contributed by atoms with Crippen molar-refractivity contribution >= 4 is 43.1 Å². The maximum absolute atomic E-state index is 4.99. The fourth-order valence-electron chi connectivity index (χ4n) is 17.1. The van der Waals surface area contributed by atoms with Gasteiger partial charge in [0.15, 0.2) is 52.4 Å². The van der Waals surface area contributed by atoms with Crippen molar-refractivity contribution in [1.29, 1.82) is 0 Å². The van der Waals surface area contributed by atoms with E-state index < -0.39 is 0 Å². The monoisotopic (exact) mass is 1810 g/mol. The lowest BCUT2D eigenvalue weighted by molar-refractivity contribution is 0.991. The quantitative estimate of drug-likeness (QED) is 0.0945. The number of fused-ring (bicyclic) bond motifs is 4. The fourth-order valence-corrected chi connectivity index (χ4v) is 17.1. The van der Waals surface area contributed by atoms with Crippen LogP contribution in [-0.4, -0.2) is 69.8 Å². The molecule has 0 unspecified atom stereocenters. The molecule has 0 saturated carbocycles. The topological polar surface area (TPSA) is 180 Å². The normalized spacial score (nSPS) is 10.9. The third-order valence-corrected chi connectivity index (χ3v) is 24.2. The lowest BCUT2D eigenvalue weighted by Gasteiger charge is -2.11. The number of benzene rings is 19. The molecule has 0 fully saturated rings. The summed E-state index contributed by atoms with van der Waals surface area (Å²) >= 11 is 0. The predicted octanol–water partition coefficient (Wildman–Crippen LogP) is 31.1. The fraction of sp³-hybridized carbons (Fsp3) is 0.0394. The number of aryl methyl sites for hydroxylation is 5. The van der Waals surface area contributed by atoms with Gasteiger partial charge in [-0.1, -0.05) is 454 Å². The number of hydrogen-bond donors (Lipinski definition) is 0. The molecule has 0 amide bonds. The Morgan fingerprint density at radius 2 is 0.340 bits per heavy atom. The zero-order valence-electron chi connectivity index (χ0n) is 78.4. The summed E-state index contributed by atoms with van der Waals surface area (Å²) < 4.78 is 0. The molecule has 0 bridgehead atoms. The van der Waals surface area contributed by atoms with E-state index in [2.05, 4.69) is 337 Å². The van der Waals surface area contributed by atoms with Gasteiger partial charge in [0.2, 0.25) is 0 Å². The molecular weight excluding hydrogens is 1720 g/mol. The zero-order chi connectivity index (χ0) is 95.6. The number of aromatic nitrogens is 14. The van der Waals surface area contributed by atoms with Crippen molar-refractivity contribution in [2.45, 2.75) is 34.6 Å². The number of nitrogens with zero attached hydrogens (tertiary/aromatic N) is 14. The van der Waals surface area contributed by atoms with Gasteiger partial charge in [0.05, 0.1) is 11.4 Å². The van der Waals surface area contributed by atoms with Crippen LogP contribution < -0.4 is 0 Å². The standard InChI is InChI=1S/C31H22N2.2C28H21N3.C24H17N3.C16H13N3/c1-21-10-12-24(13-11-21)31-32-29(27-16-14-22-6-2-4-8-25(22)18-27)20-30(33-31)28-17-15-23-7-3-5-9-26(23)19-28;1-20-29-27(25-16-8-14-23(18-25)21-10-4-2-5-11-21)31-28(30-20)26-17-9-15-24(19-26)22-12-6-3-7-13-22;1-20-29-27(25-16-12-23(13-17-25)21-8-4-2-5-9-21)31-28(30-20)26-18-14-24(15-19-26)22-10-6-3-7-11-22;1-16-25-23(21-14-6-10-17-8-2-4-12-19(17)21)27-24(26-16)22-15-7-11-18-9-3-5-13-20(18)22;1-12-17-15(13-8-4-2-5-9-13)19-16(18-12)14-10-6-3-7-11-14/h2-20H,1H3;2*2-19H,1H3;2-15H,1H3;2-11H,1H3. The molecule has 14 heteroatoms. The lowest BCUT2D eigenvalue weighted by atomic mass is 10.0. The van der Waals surface area contributed by atoms with E-state index in [-0.39, 0.29) is 0 Å². The van der Waals surface area contributed by atoms with Crippen LogP contribution in [0.4, 0.5) is 0 Å². The van der Waals surface area contributed by atoms with Crippen LogP contribution in [0.1, 0.15) is 28.9 Å². The van der Waals surface area contributed by atoms with Crippen LogP contribution >= 0.6 is 0 Å². The van der Waals surface area contributed by atoms with Gasteiger partial charge in [-0.25, -0.2) is 69.8 Å². The average Bonchev–Trinajstić information content (AvgIpc) is 0.773. The first-order valence-corrected chi connectivity index (χ1v) is 46.9. The molecule has 0 saturated heterocycles. The Kier molecular flexibility index (Phi) is 27.2. The first-order valence-electron chi connectivity index (χ1n) is 46.9. The maximum Gasteiger partial charge on any atom is 0.164 e. The Labute approximate surface area is 819 Å². The third kappa shape index (κ3) is 21.8. The van der Waals surface area contributed by atoms with Gasteiger partial charge in [-0.3, -0.25) is 0 Å². The Balaban J connectivity index is 0.000000109. The number of hydrogen-bond acceptors (Lipinski definition) is 14. The van der Waals surface area contributed by atoms with E-state index in [0.717, 1.165) is 112 Å². The second-order valence-corrected chi connectivity index (χ2v) is 34.1. The van der Waals surface area contributed by atoms with E-state index in [9.17, 15) is 0 Å². The van der Waals surface area contributed by atoms with Crippen molar-refractivity contribution < 1.29 is 0 Å². The van der Waals surface area contributed by atoms with Crippen molar-refractivity contribution in [3.05, 3.63) is 508 Å². The maximum atomic E-state index is 4.99. The predicted molar refractivity (Wildman–Crippen MR) is 577 cm³/mol. The van der Waals surface area contributed by atoms with Gasteiger partial charge >= 0.3 is 0 Å². The molecule has 0 atom stereocenters. The van der Waals surface area contributed by atoms with Crippen molar-refractivity contribution in [2.24, 2.45) is 0 Å². The molecule has 5 heterocycles. The second kappa shape index (κ2) is 42.5. The molecule has 0 aliphatic rings. The molecule has 0 N–H and O–H groups in total. The summed E-state index contributed by atoms with van der Waals surface area (Å²) in [6, 6.07) is 164. The molecule has 0 aliphatic carbocycles. The lowest BCUT2D eigenvalue weighted by Crippen LogP contribution is -2.00. The molecule has 5 aromatic heterocycles. The molecule has 672 valence electrons. The van der Waals surface area contributed by atoms with E-state index in [1.807, 2.05) is 222 Å². The average molecular weight is 1820 g/mol. The van der Waals surface area contributed by atoms with E-state index in [1.165, 1.54) is 71.3 Å². The van der Waals surface area contributed by atoms with Crippen LogP contribution in [0, 0.1) is 34.6 Å². The van der Waals surface area contributed by atoms with Crippen LogP contribution in [-0.2, 0) is 0 Å². The Bertz CT molecular complexity index is 8030. The summed E-state index contributed by atoms with van der Waals surface area (Å²) in [6.45, 7) is 9.73. The molecule has 14 nitrogen and oxygen atoms in total. The van der Waals surface area contributed by atoms with E-state index in [0.29, 0.717) is 58.2 Å². The highest BCUT2D eigenvalue weighted by Crippen LogP contribution is 2.37. The van der Waals surface area contributed by atoms with E-state index >= 15 is 0 Å². The molecular formula is C127H94N14. The molecule has 19 aromatic carbocycles. The van der Waals surface area contributed by atoms with Gasteiger partial charge in [0, 0.05) is 61.2 Å². The van der Waals surface area contributed by atoms with Gasteiger partial charge in [0.1, 0.15) is 23.3 Å². The number of rotatable bonds is 15. The van der Waals surface area contributed by atoms with Gasteiger partial charge in [-0.2, -0.15) is 0 Å². The summed E-state index contributed by atoms with van der Waals surface area (Å²) in [6.07, 6.45) is 0. The van der Waals surface area contributed by atoms with E-state index in [1.54, 1.807) is 0 Å². The van der Waals surface area contributed by atoms with Crippen LogP contribution in [0.3, 0.4) is 0 Å². The minimum atomic E-state index is 0.686. The van der Waals surface area contributed by atoms with Crippen molar-refractivity contribution in [3.63, 3.8) is 0 Å². The first-order chi connectivity index (χ1) is 69.4. The van der Waals surface area contributed by atoms with Crippen molar-refractivity contribution in [1.82, 2.24) is 69.8 Å². The van der Waals surface area contributed by atoms with Gasteiger partial charge in [-0.15, -0.1) is 0 Å². The minimum Gasteiger partial charge on any atom is -0.228 e. The van der Waals surface area contributed by atoms with Crippen LogP contribution in [0.5, 0.6) is 0 Å². The summed E-state index contributed by atoms with van der Waals surface area (Å²) in [5.74, 6) is 9.20. The van der Waals surface area contributed by atoms with E-state index in [4.69, 9.17) is 24.9 Å². The molecule has 0 spiro atoms. The summed E-state index contributed by atoms with van der Waals surface area (Å²) in [7, 11) is 0. The van der Waals surface area contributed by atoms with Crippen LogP contribution in [0.2, 0.25) is 0 Å². The van der Waals surface area contributed by atoms with Crippen molar-refractivity contribution in [2.75, 3.05) is 0 Å². The Morgan fingerprint density at radius 1 is 0.121 bits per heavy atom. The highest BCUT2D eigenvalue weighted by molar-refractivity contribution is 5.98. The van der Waals surface area contributed by atoms with Gasteiger partial charge in [0.25, 0.3) is 0 Å². The van der Waals surface area contributed by atoms with Gasteiger partial charge in [-0.05, 0) is 153 Å². The molecule has 141 heavy (non-hydrogen) atoms. The van der Waals surface area contributed by atoms with Crippen LogP contribution in [0.25, 0.3) is 213 Å². The Morgan fingerprint density at radius 3 is 0.695 bits per heavy atom. The first kappa shape index (κ1) is 90.2. The third-order valence-electron chi connectivity index (χ3n) is 24.2. The van der Waals surface area contributed by atoms with Crippen molar-refractivity contribution in [3.8, 4) is 170 Å². The highest BCUT2D eigenvalue weighted by atomic mass is 15.1. The molecule has 24 aromatic rings.